The van der Waals surface area contributed by atoms with Crippen molar-refractivity contribution in [1.29, 1.82) is 0 Å². The summed E-state index contributed by atoms with van der Waals surface area (Å²) in [4.78, 5) is 13.8. The predicted molar refractivity (Wildman–Crippen MR) is 88.2 cm³/mol. The Morgan fingerprint density at radius 1 is 1.00 bits per heavy atom. The fourth-order valence-electron chi connectivity index (χ4n) is 2.50. The minimum Gasteiger partial charge on any atom is -0.386 e. The van der Waals surface area contributed by atoms with E-state index in [1.807, 2.05) is 60.7 Å². The van der Waals surface area contributed by atoms with E-state index < -0.39 is 12.1 Å². The maximum atomic E-state index is 12.2. The Balaban J connectivity index is 2.40. The predicted octanol–water partition coefficient (Wildman–Crippen LogP) is 3.50. The maximum absolute atomic E-state index is 12.2. The van der Waals surface area contributed by atoms with Gasteiger partial charge in [-0.05, 0) is 24.1 Å². The number of nitrogens with zero attached hydrogens (tertiary/aromatic N) is 1. The molecule has 0 spiro atoms. The van der Waals surface area contributed by atoms with Crippen LogP contribution in [0.1, 0.15) is 30.2 Å². The van der Waals surface area contributed by atoms with Crippen LogP contribution in [0.3, 0.4) is 0 Å². The van der Waals surface area contributed by atoms with Crippen LogP contribution in [-0.4, -0.2) is 23.0 Å². The lowest BCUT2D eigenvalue weighted by Crippen LogP contribution is -2.33. The van der Waals surface area contributed by atoms with Gasteiger partial charge in [0.15, 0.2) is 0 Å². The van der Waals surface area contributed by atoms with Crippen LogP contribution in [0.4, 0.5) is 0 Å². The average molecular weight is 295 g/mol. The van der Waals surface area contributed by atoms with E-state index in [9.17, 15) is 9.90 Å². The molecule has 114 valence electrons. The number of aliphatic hydroxyl groups is 1. The lowest BCUT2D eigenvalue weighted by atomic mass is 9.94. The molecule has 2 aromatic carbocycles. The Morgan fingerprint density at radius 2 is 1.50 bits per heavy atom. The molecule has 0 aromatic heterocycles. The van der Waals surface area contributed by atoms with E-state index >= 15 is 0 Å². The molecule has 0 aliphatic carbocycles. The third kappa shape index (κ3) is 3.62. The lowest BCUT2D eigenvalue weighted by molar-refractivity contribution is -0.129. The van der Waals surface area contributed by atoms with E-state index in [-0.39, 0.29) is 5.91 Å². The largest absolute Gasteiger partial charge is 0.386 e. The van der Waals surface area contributed by atoms with Crippen molar-refractivity contribution >= 4 is 5.91 Å². The standard InChI is InChI=1S/C19H21NO2/c1-3-10-17(21)20(2)18(15-11-6-4-7-12-15)19(22)16-13-8-5-9-14-16/h3-14,18-19,22H,1-2H3/b10-3+/t18-,19-/m0/s1. The molecule has 0 unspecified atom stereocenters. The molecule has 0 fully saturated rings. The molecule has 1 amide bonds. The zero-order valence-corrected chi connectivity index (χ0v) is 12.9. The summed E-state index contributed by atoms with van der Waals surface area (Å²) in [6.45, 7) is 1.80. The van der Waals surface area contributed by atoms with Crippen LogP contribution in [0.15, 0.2) is 72.8 Å². The zero-order valence-electron chi connectivity index (χ0n) is 12.9. The summed E-state index contributed by atoms with van der Waals surface area (Å²) in [5.41, 5.74) is 1.69. The Kier molecular flexibility index (Phi) is 5.50. The van der Waals surface area contributed by atoms with Gasteiger partial charge in [-0.1, -0.05) is 66.7 Å². The Bertz CT molecular complexity index is 622. The second kappa shape index (κ2) is 7.57. The van der Waals surface area contributed by atoms with Gasteiger partial charge in [-0.25, -0.2) is 0 Å². The quantitative estimate of drug-likeness (QED) is 0.858. The third-order valence-electron chi connectivity index (χ3n) is 3.66. The van der Waals surface area contributed by atoms with Crippen LogP contribution in [0.5, 0.6) is 0 Å². The molecule has 0 heterocycles. The summed E-state index contributed by atoms with van der Waals surface area (Å²) in [6, 6.07) is 18.6. The van der Waals surface area contributed by atoms with Crippen molar-refractivity contribution in [2.24, 2.45) is 0 Å². The van der Waals surface area contributed by atoms with Crippen LogP contribution < -0.4 is 0 Å². The highest BCUT2D eigenvalue weighted by Gasteiger charge is 2.28. The molecule has 0 bridgehead atoms. The highest BCUT2D eigenvalue weighted by Crippen LogP contribution is 2.33. The molecule has 3 heteroatoms. The van der Waals surface area contributed by atoms with E-state index in [2.05, 4.69) is 0 Å². The number of rotatable bonds is 5. The summed E-state index contributed by atoms with van der Waals surface area (Å²) in [7, 11) is 1.71. The van der Waals surface area contributed by atoms with Gasteiger partial charge in [0, 0.05) is 7.05 Å². The minimum absolute atomic E-state index is 0.133. The molecule has 2 atom stereocenters. The average Bonchev–Trinajstić information content (AvgIpc) is 2.57. The smallest absolute Gasteiger partial charge is 0.246 e. The van der Waals surface area contributed by atoms with E-state index in [1.54, 1.807) is 24.9 Å². The zero-order chi connectivity index (χ0) is 15.9. The van der Waals surface area contributed by atoms with Gasteiger partial charge < -0.3 is 10.0 Å². The first kappa shape index (κ1) is 16.0. The number of benzene rings is 2. The summed E-state index contributed by atoms with van der Waals surface area (Å²) >= 11 is 0. The van der Waals surface area contributed by atoms with Gasteiger partial charge in [0.2, 0.25) is 5.91 Å². The summed E-state index contributed by atoms with van der Waals surface area (Å²) < 4.78 is 0. The number of amides is 1. The number of carbonyl (C=O) groups is 1. The molecule has 0 aliphatic heterocycles. The van der Waals surface area contributed by atoms with E-state index in [0.29, 0.717) is 0 Å². The first-order valence-electron chi connectivity index (χ1n) is 7.32. The van der Waals surface area contributed by atoms with E-state index in [0.717, 1.165) is 11.1 Å². The molecule has 2 aromatic rings. The highest BCUT2D eigenvalue weighted by atomic mass is 16.3. The van der Waals surface area contributed by atoms with Crippen LogP contribution in [0.2, 0.25) is 0 Å². The van der Waals surface area contributed by atoms with E-state index in [1.165, 1.54) is 6.08 Å². The van der Waals surface area contributed by atoms with Crippen LogP contribution in [-0.2, 0) is 4.79 Å². The first-order chi connectivity index (χ1) is 10.6. The second-order valence-corrected chi connectivity index (χ2v) is 5.16. The van der Waals surface area contributed by atoms with Crippen molar-refractivity contribution in [2.75, 3.05) is 7.05 Å². The summed E-state index contributed by atoms with van der Waals surface area (Å²) in [5, 5.41) is 10.8. The summed E-state index contributed by atoms with van der Waals surface area (Å²) in [6.07, 6.45) is 2.42. The van der Waals surface area contributed by atoms with E-state index in [4.69, 9.17) is 0 Å². The van der Waals surface area contributed by atoms with Crippen molar-refractivity contribution in [3.63, 3.8) is 0 Å². The molecule has 0 saturated carbocycles. The molecule has 3 nitrogen and oxygen atoms in total. The number of allylic oxidation sites excluding steroid dienone is 1. The van der Waals surface area contributed by atoms with Gasteiger partial charge in [-0.2, -0.15) is 0 Å². The fourth-order valence-corrected chi connectivity index (χ4v) is 2.50. The van der Waals surface area contributed by atoms with Gasteiger partial charge in [0.25, 0.3) is 0 Å². The first-order valence-corrected chi connectivity index (χ1v) is 7.32. The molecule has 2 rings (SSSR count). The number of likely N-dealkylation sites (N-methyl/N-ethyl adjacent to an activating group) is 1. The Morgan fingerprint density at radius 3 is 2.00 bits per heavy atom. The number of hydrogen-bond acceptors (Lipinski definition) is 2. The van der Waals surface area contributed by atoms with Gasteiger partial charge in [0.1, 0.15) is 6.10 Å². The van der Waals surface area contributed by atoms with Crippen molar-refractivity contribution in [3.05, 3.63) is 83.9 Å². The van der Waals surface area contributed by atoms with Gasteiger partial charge in [0.05, 0.1) is 6.04 Å². The third-order valence-corrected chi connectivity index (χ3v) is 3.66. The molecule has 22 heavy (non-hydrogen) atoms. The maximum Gasteiger partial charge on any atom is 0.246 e. The number of hydrogen-bond donors (Lipinski definition) is 1. The number of aliphatic hydroxyl groups excluding tert-OH is 1. The molecule has 0 radical (unpaired) electrons. The SMILES string of the molecule is C/C=C/C(=O)N(C)[C@@H](c1ccccc1)[C@@H](O)c1ccccc1. The Hall–Kier alpha value is -2.39. The minimum atomic E-state index is -0.789. The van der Waals surface area contributed by atoms with Crippen LogP contribution in [0, 0.1) is 0 Å². The summed E-state index contributed by atoms with van der Waals surface area (Å²) in [5.74, 6) is -0.133. The lowest BCUT2D eigenvalue weighted by Gasteiger charge is -2.32. The Labute approximate surface area is 131 Å². The molecule has 0 saturated heterocycles. The van der Waals surface area contributed by atoms with Gasteiger partial charge >= 0.3 is 0 Å². The van der Waals surface area contributed by atoms with Crippen molar-refractivity contribution in [1.82, 2.24) is 4.90 Å². The van der Waals surface area contributed by atoms with Gasteiger partial charge in [-0.15, -0.1) is 0 Å². The normalized spacial score (nSPS) is 13.8. The van der Waals surface area contributed by atoms with Crippen molar-refractivity contribution in [2.45, 2.75) is 19.1 Å². The van der Waals surface area contributed by atoms with Gasteiger partial charge in [-0.3, -0.25) is 4.79 Å². The fraction of sp³-hybridized carbons (Fsp3) is 0.211. The van der Waals surface area contributed by atoms with Crippen molar-refractivity contribution < 1.29 is 9.90 Å². The van der Waals surface area contributed by atoms with Crippen LogP contribution >= 0.6 is 0 Å². The molecular weight excluding hydrogens is 274 g/mol. The molecule has 0 aliphatic rings. The molecular formula is C19H21NO2. The highest BCUT2D eigenvalue weighted by molar-refractivity contribution is 5.87. The number of carbonyl (C=O) groups excluding carboxylic acids is 1. The topological polar surface area (TPSA) is 40.5 Å². The monoisotopic (exact) mass is 295 g/mol. The van der Waals surface area contributed by atoms with Crippen molar-refractivity contribution in [3.8, 4) is 0 Å². The van der Waals surface area contributed by atoms with Crippen LogP contribution in [0.25, 0.3) is 0 Å². The second-order valence-electron chi connectivity index (χ2n) is 5.16. The molecule has 1 N–H and O–H groups in total.